The molecule has 0 saturated carbocycles. The van der Waals surface area contributed by atoms with Gasteiger partial charge in [-0.05, 0) is 75.6 Å². The number of ether oxygens (including phenoxy) is 1. The average Bonchev–Trinajstić information content (AvgIpc) is 2.97. The van der Waals surface area contributed by atoms with Crippen molar-refractivity contribution < 1.29 is 6.11 Å². The first-order chi connectivity index (χ1) is 18.8. The lowest BCUT2D eigenvalue weighted by Crippen LogP contribution is -2.32. The van der Waals surface area contributed by atoms with Gasteiger partial charge in [0.1, 0.15) is 0 Å². The number of benzene rings is 2. The fraction of sp³-hybridized carbons (Fsp3) is 0.300. The predicted molar refractivity (Wildman–Crippen MR) is 146 cm³/mol. The third-order valence-corrected chi connectivity index (χ3v) is 6.90. The minimum Gasteiger partial charge on any atom is -0.490 e. The summed E-state index contributed by atoms with van der Waals surface area (Å²) in [7, 11) is 2.14. The van der Waals surface area contributed by atoms with Crippen molar-refractivity contribution in [3.63, 3.8) is 0 Å². The molecule has 1 fully saturated rings. The lowest BCUT2D eigenvalue weighted by atomic mass is 9.98. The fourth-order valence-corrected chi connectivity index (χ4v) is 4.54. The van der Waals surface area contributed by atoms with Gasteiger partial charge in [-0.1, -0.05) is 30.3 Å². The molecule has 0 unspecified atom stereocenters. The number of rotatable bonds is 7. The zero-order valence-corrected chi connectivity index (χ0v) is 21.5. The molecule has 0 amide bonds. The molecule has 0 bridgehead atoms. The van der Waals surface area contributed by atoms with E-state index in [1.165, 1.54) is 6.07 Å². The maximum Gasteiger partial charge on any atom is 0.267 e. The molecule has 8 nitrogen and oxygen atoms in total. The van der Waals surface area contributed by atoms with Gasteiger partial charge >= 0.3 is 0 Å². The van der Waals surface area contributed by atoms with Crippen molar-refractivity contribution >= 4 is 0 Å². The van der Waals surface area contributed by atoms with Gasteiger partial charge in [0.15, 0.2) is 11.6 Å². The molecule has 192 valence electrons. The molecular weight excluding hydrogens is 476 g/mol. The molecule has 3 heterocycles. The summed E-state index contributed by atoms with van der Waals surface area (Å²) in [6.45, 7) is 4.46. The van der Waals surface area contributed by atoms with Crippen molar-refractivity contribution in [1.29, 1.82) is 5.26 Å². The molecule has 2 aromatic heterocycles. The highest BCUT2D eigenvalue weighted by atomic mass is 16.5. The Morgan fingerprint density at radius 1 is 1.08 bits per heavy atom. The molecule has 2 aromatic carbocycles. The summed E-state index contributed by atoms with van der Waals surface area (Å²) in [5.41, 5.74) is 2.56. The van der Waals surface area contributed by atoms with Crippen molar-refractivity contribution in [3.8, 4) is 34.5 Å². The Hall–Kier alpha value is -4.35. The van der Waals surface area contributed by atoms with E-state index in [-0.39, 0.29) is 0 Å². The van der Waals surface area contributed by atoms with E-state index in [2.05, 4.69) is 33.1 Å². The smallest absolute Gasteiger partial charge is 0.267 e. The van der Waals surface area contributed by atoms with Crippen molar-refractivity contribution in [3.05, 3.63) is 94.5 Å². The summed E-state index contributed by atoms with van der Waals surface area (Å²) >= 11 is 0. The Bertz CT molecular complexity index is 1550. The number of nitriles is 1. The maximum atomic E-state index is 12.8. The maximum absolute atomic E-state index is 12.8. The van der Waals surface area contributed by atoms with E-state index in [0.29, 0.717) is 46.5 Å². The van der Waals surface area contributed by atoms with Crippen molar-refractivity contribution in [2.45, 2.75) is 25.8 Å². The van der Waals surface area contributed by atoms with Crippen LogP contribution in [0.3, 0.4) is 0 Å². The summed E-state index contributed by atoms with van der Waals surface area (Å²) in [5.74, 6) is 1.67. The molecule has 38 heavy (non-hydrogen) atoms. The van der Waals surface area contributed by atoms with Gasteiger partial charge in [-0.15, -0.1) is 0 Å². The highest BCUT2D eigenvalue weighted by Gasteiger charge is 2.18. The quantitative estimate of drug-likeness (QED) is 0.361. The van der Waals surface area contributed by atoms with Gasteiger partial charge in [-0.25, -0.2) is 14.6 Å². The summed E-state index contributed by atoms with van der Waals surface area (Å²) in [6, 6.07) is 17.9. The van der Waals surface area contributed by atoms with Gasteiger partial charge in [0.05, 0.1) is 43.7 Å². The average molecular weight is 508 g/mol. The molecule has 1 saturated heterocycles. The molecule has 0 aliphatic carbocycles. The minimum atomic E-state index is -1.51. The second-order valence-corrected chi connectivity index (χ2v) is 9.63. The number of likely N-dealkylation sites (tertiary alicyclic amines) is 1. The van der Waals surface area contributed by atoms with Gasteiger partial charge in [0, 0.05) is 17.2 Å². The van der Waals surface area contributed by atoms with E-state index < -0.39 is 11.6 Å². The second-order valence-electron chi connectivity index (χ2n) is 9.63. The lowest BCUT2D eigenvalue weighted by Gasteiger charge is -2.28. The van der Waals surface area contributed by atoms with E-state index in [9.17, 15) is 10.1 Å². The Labute approximate surface area is 223 Å². The van der Waals surface area contributed by atoms with Gasteiger partial charge in [0.2, 0.25) is 0 Å². The van der Waals surface area contributed by atoms with E-state index >= 15 is 0 Å². The molecule has 8 heteroatoms. The normalized spacial score (nSPS) is 16.3. The van der Waals surface area contributed by atoms with Crippen LogP contribution in [0.15, 0.2) is 77.9 Å². The molecule has 1 atom stereocenters. The molecule has 1 aliphatic heterocycles. The number of hydrogen-bond acceptors (Lipinski definition) is 7. The number of hydrogen-bond donors (Lipinski definition) is 0. The molecular formula is C30H30N6O2. The zero-order valence-electron chi connectivity index (χ0n) is 22.5. The molecule has 0 radical (unpaired) electrons. The first kappa shape index (κ1) is 24.0. The monoisotopic (exact) mass is 507 g/mol. The largest absolute Gasteiger partial charge is 0.490 e. The van der Waals surface area contributed by atoms with Crippen molar-refractivity contribution in [2.24, 2.45) is 5.92 Å². The highest BCUT2D eigenvalue weighted by Crippen LogP contribution is 2.24. The van der Waals surface area contributed by atoms with E-state index in [1.54, 1.807) is 55.7 Å². The van der Waals surface area contributed by atoms with Crippen LogP contribution in [0.5, 0.6) is 5.75 Å². The summed E-state index contributed by atoms with van der Waals surface area (Å²) in [6.07, 6.45) is 5.60. The number of aromatic nitrogens is 4. The minimum absolute atomic E-state index is 0.402. The van der Waals surface area contributed by atoms with Crippen LogP contribution in [0.2, 0.25) is 0 Å². The van der Waals surface area contributed by atoms with Crippen LogP contribution in [-0.4, -0.2) is 51.4 Å². The van der Waals surface area contributed by atoms with E-state index in [0.717, 1.165) is 36.2 Å². The van der Waals surface area contributed by atoms with Crippen LogP contribution in [-0.2, 0) is 0 Å². The van der Waals surface area contributed by atoms with Gasteiger partial charge in [0.25, 0.3) is 5.56 Å². The third kappa shape index (κ3) is 5.79. The first-order valence-electron chi connectivity index (χ1n) is 13.2. The zero-order chi connectivity index (χ0) is 27.4. The van der Waals surface area contributed by atoms with Crippen LogP contribution < -0.4 is 10.3 Å². The Morgan fingerprint density at radius 2 is 1.82 bits per heavy atom. The third-order valence-electron chi connectivity index (χ3n) is 6.90. The van der Waals surface area contributed by atoms with Crippen LogP contribution in [0.25, 0.3) is 22.6 Å². The number of nitrogens with zero attached hydrogens (tertiary/aromatic N) is 6. The summed E-state index contributed by atoms with van der Waals surface area (Å²) in [4.78, 5) is 24.1. The standard InChI is InChI=1S/C30H30N6O2/c1-21(36-29(37)10-9-28(34-36)25-7-3-5-23(15-25)17-31)24-6-4-8-26(16-24)30-32-18-27(19-33-30)38-20-22-11-13-35(2)14-12-22/h3-10,15-16,18-19,21-22H,11-14,20H2,1-2H3/t21-/m1/s1/i21D. The summed E-state index contributed by atoms with van der Waals surface area (Å²) in [5, 5.41) is 13.7. The number of piperidine rings is 1. The second kappa shape index (κ2) is 11.4. The molecule has 5 rings (SSSR count). The predicted octanol–water partition coefficient (Wildman–Crippen LogP) is 4.57. The van der Waals surface area contributed by atoms with Crippen molar-refractivity contribution in [1.82, 2.24) is 24.6 Å². The molecule has 1 aliphatic rings. The topological polar surface area (TPSA) is 96.9 Å². The fourth-order valence-electron chi connectivity index (χ4n) is 4.54. The SMILES string of the molecule is [2H][C@@](C)(c1cccc(-c2ncc(OCC3CCN(C)CC3)cn2)c1)n1nc(-c2cccc(C#N)c2)ccc1=O. The highest BCUT2D eigenvalue weighted by molar-refractivity contribution is 5.61. The van der Waals surface area contributed by atoms with Gasteiger partial charge < -0.3 is 9.64 Å². The lowest BCUT2D eigenvalue weighted by molar-refractivity contribution is 0.159. The van der Waals surface area contributed by atoms with Crippen LogP contribution in [0.4, 0.5) is 0 Å². The first-order valence-corrected chi connectivity index (χ1v) is 12.7. The molecule has 4 aromatic rings. The van der Waals surface area contributed by atoms with Gasteiger partial charge in [-0.2, -0.15) is 10.4 Å². The van der Waals surface area contributed by atoms with Gasteiger partial charge in [-0.3, -0.25) is 4.79 Å². The van der Waals surface area contributed by atoms with Crippen molar-refractivity contribution in [2.75, 3.05) is 26.7 Å². The molecule has 0 N–H and O–H groups in total. The van der Waals surface area contributed by atoms with E-state index in [1.807, 2.05) is 18.2 Å². The van der Waals surface area contributed by atoms with E-state index in [4.69, 9.17) is 6.11 Å². The van der Waals surface area contributed by atoms with Crippen LogP contribution in [0.1, 0.15) is 38.3 Å². The van der Waals surface area contributed by atoms with Crippen LogP contribution in [0, 0.1) is 17.2 Å². The Morgan fingerprint density at radius 3 is 2.58 bits per heavy atom. The Kier molecular flexibility index (Phi) is 7.18. The van der Waals surface area contributed by atoms with Crippen LogP contribution >= 0.6 is 0 Å². The Balaban J connectivity index is 1.36. The molecule has 0 spiro atoms. The summed E-state index contributed by atoms with van der Waals surface area (Å²) < 4.78 is 16.2.